The molecule has 0 bridgehead atoms. The summed E-state index contributed by atoms with van der Waals surface area (Å²) in [4.78, 5) is 34.7. The fraction of sp³-hybridized carbons (Fsp3) is 0.167. The molecule has 2 heterocycles. The fourth-order valence-electron chi connectivity index (χ4n) is 3.26. The number of carbonyl (C=O) groups excluding carboxylic acids is 1. The van der Waals surface area contributed by atoms with Gasteiger partial charge in [-0.05, 0) is 48.7 Å². The number of halogens is 2. The molecule has 0 unspecified atom stereocenters. The van der Waals surface area contributed by atoms with Gasteiger partial charge >= 0.3 is 0 Å². The van der Waals surface area contributed by atoms with Gasteiger partial charge in [0.15, 0.2) is 11.0 Å². The molecule has 168 valence electrons. The van der Waals surface area contributed by atoms with E-state index in [4.69, 9.17) is 23.2 Å². The van der Waals surface area contributed by atoms with Gasteiger partial charge in [-0.15, -0.1) is 0 Å². The van der Waals surface area contributed by atoms with Crippen LogP contribution in [0.4, 0.5) is 5.82 Å². The quantitative estimate of drug-likeness (QED) is 0.273. The van der Waals surface area contributed by atoms with E-state index in [9.17, 15) is 9.59 Å². The van der Waals surface area contributed by atoms with E-state index in [0.717, 1.165) is 23.7 Å². The molecule has 4 aromatic rings. The van der Waals surface area contributed by atoms with Gasteiger partial charge in [0.2, 0.25) is 5.91 Å². The van der Waals surface area contributed by atoms with Crippen LogP contribution < -0.4 is 10.9 Å². The van der Waals surface area contributed by atoms with E-state index in [1.54, 1.807) is 25.1 Å². The molecule has 0 aliphatic rings. The van der Waals surface area contributed by atoms with Gasteiger partial charge in [-0.2, -0.15) is 0 Å². The molecule has 0 spiro atoms. The standard InChI is InChI=1S/C24H20Cl2N4O2S/c1-3-15-8-10-16(11-9-15)30-23(32)17-6-4-5-7-19(17)28-24(30)33-13-20(31)29-22-21(26)14(2)18(25)12-27-22/h4-12H,3,13H2,1-2H3,(H,27,29,31). The van der Waals surface area contributed by atoms with Crippen LogP contribution in [0.25, 0.3) is 16.6 Å². The van der Waals surface area contributed by atoms with Crippen LogP contribution in [0.15, 0.2) is 64.7 Å². The number of hydrogen-bond donors (Lipinski definition) is 1. The lowest BCUT2D eigenvalue weighted by molar-refractivity contribution is -0.113. The fourth-order valence-corrected chi connectivity index (χ4v) is 4.46. The summed E-state index contributed by atoms with van der Waals surface area (Å²) in [6.07, 6.45) is 2.34. The summed E-state index contributed by atoms with van der Waals surface area (Å²) < 4.78 is 1.54. The number of para-hydroxylation sites is 1. The molecule has 0 saturated heterocycles. The number of aromatic nitrogens is 3. The number of aryl methyl sites for hydroxylation is 1. The third-order valence-electron chi connectivity index (χ3n) is 5.14. The number of hydrogen-bond acceptors (Lipinski definition) is 5. The smallest absolute Gasteiger partial charge is 0.266 e. The van der Waals surface area contributed by atoms with Crippen LogP contribution >= 0.6 is 35.0 Å². The van der Waals surface area contributed by atoms with Crippen LogP contribution in [0.5, 0.6) is 0 Å². The van der Waals surface area contributed by atoms with Crippen molar-refractivity contribution in [3.63, 3.8) is 0 Å². The third-order valence-corrected chi connectivity index (χ3v) is 6.92. The number of fused-ring (bicyclic) bond motifs is 1. The Labute approximate surface area is 205 Å². The highest BCUT2D eigenvalue weighted by Crippen LogP contribution is 2.29. The Balaban J connectivity index is 1.66. The number of thioether (sulfide) groups is 1. The molecular weight excluding hydrogens is 479 g/mol. The Hall–Kier alpha value is -2.87. The van der Waals surface area contributed by atoms with Crippen molar-refractivity contribution in [3.05, 3.63) is 86.3 Å². The average molecular weight is 499 g/mol. The van der Waals surface area contributed by atoms with E-state index in [2.05, 4.69) is 22.2 Å². The van der Waals surface area contributed by atoms with Crippen LogP contribution in [-0.4, -0.2) is 26.2 Å². The number of carbonyl (C=O) groups is 1. The Bertz CT molecular complexity index is 1400. The van der Waals surface area contributed by atoms with Crippen molar-refractivity contribution in [2.24, 2.45) is 0 Å². The van der Waals surface area contributed by atoms with Crippen LogP contribution in [-0.2, 0) is 11.2 Å². The van der Waals surface area contributed by atoms with Crippen LogP contribution in [0.3, 0.4) is 0 Å². The number of nitrogens with zero attached hydrogens (tertiary/aromatic N) is 3. The van der Waals surface area contributed by atoms with Gasteiger partial charge in [-0.3, -0.25) is 14.2 Å². The molecule has 0 fully saturated rings. The van der Waals surface area contributed by atoms with Gasteiger partial charge in [0, 0.05) is 6.20 Å². The summed E-state index contributed by atoms with van der Waals surface area (Å²) in [5.41, 5.74) is 2.88. The summed E-state index contributed by atoms with van der Waals surface area (Å²) in [6, 6.07) is 14.9. The van der Waals surface area contributed by atoms with Crippen molar-refractivity contribution in [2.75, 3.05) is 11.1 Å². The van der Waals surface area contributed by atoms with Crippen LogP contribution in [0.1, 0.15) is 18.1 Å². The molecule has 1 amide bonds. The first kappa shape index (κ1) is 23.3. The Morgan fingerprint density at radius 2 is 1.85 bits per heavy atom. The Morgan fingerprint density at radius 3 is 2.58 bits per heavy atom. The van der Waals surface area contributed by atoms with Crippen LogP contribution in [0, 0.1) is 6.92 Å². The zero-order valence-corrected chi connectivity index (χ0v) is 20.3. The van der Waals surface area contributed by atoms with Crippen molar-refractivity contribution >= 4 is 57.6 Å². The first-order valence-corrected chi connectivity index (χ1v) is 12.0. The number of pyridine rings is 1. The molecule has 0 aliphatic carbocycles. The first-order chi connectivity index (χ1) is 15.9. The Morgan fingerprint density at radius 1 is 1.12 bits per heavy atom. The summed E-state index contributed by atoms with van der Waals surface area (Å²) in [5, 5.41) is 4.34. The van der Waals surface area contributed by atoms with Gasteiger partial charge in [-0.1, -0.05) is 66.2 Å². The third kappa shape index (κ3) is 4.90. The molecule has 2 aromatic heterocycles. The average Bonchev–Trinajstić information content (AvgIpc) is 2.83. The molecule has 2 aromatic carbocycles. The highest BCUT2D eigenvalue weighted by atomic mass is 35.5. The van der Waals surface area contributed by atoms with Crippen molar-refractivity contribution in [1.29, 1.82) is 0 Å². The minimum atomic E-state index is -0.327. The molecular formula is C24H20Cl2N4O2S. The molecule has 0 aliphatic heterocycles. The molecule has 33 heavy (non-hydrogen) atoms. The monoisotopic (exact) mass is 498 g/mol. The number of anilines is 1. The van der Waals surface area contributed by atoms with Gasteiger partial charge < -0.3 is 5.32 Å². The second-order valence-corrected chi connectivity index (χ2v) is 9.03. The maximum absolute atomic E-state index is 13.3. The molecule has 0 atom stereocenters. The topological polar surface area (TPSA) is 76.9 Å². The second kappa shape index (κ2) is 9.95. The van der Waals surface area contributed by atoms with Crippen molar-refractivity contribution in [1.82, 2.24) is 14.5 Å². The highest BCUT2D eigenvalue weighted by molar-refractivity contribution is 7.99. The second-order valence-electron chi connectivity index (χ2n) is 7.30. The highest BCUT2D eigenvalue weighted by Gasteiger charge is 2.16. The lowest BCUT2D eigenvalue weighted by atomic mass is 10.1. The summed E-state index contributed by atoms with van der Waals surface area (Å²) in [7, 11) is 0. The first-order valence-electron chi connectivity index (χ1n) is 10.2. The lowest BCUT2D eigenvalue weighted by Crippen LogP contribution is -2.23. The zero-order chi connectivity index (χ0) is 23.5. The minimum absolute atomic E-state index is 0.0114. The van der Waals surface area contributed by atoms with E-state index >= 15 is 0 Å². The van der Waals surface area contributed by atoms with E-state index in [0.29, 0.717) is 32.3 Å². The summed E-state index contributed by atoms with van der Waals surface area (Å²) in [6.45, 7) is 3.82. The summed E-state index contributed by atoms with van der Waals surface area (Å²) in [5.74, 6) is -0.0769. The predicted octanol–water partition coefficient (Wildman–Crippen LogP) is 5.69. The Kier molecular flexibility index (Phi) is 7.02. The molecule has 6 nitrogen and oxygen atoms in total. The van der Waals surface area contributed by atoms with Gasteiger partial charge in [-0.25, -0.2) is 9.97 Å². The number of amides is 1. The molecule has 9 heteroatoms. The minimum Gasteiger partial charge on any atom is -0.309 e. The predicted molar refractivity (Wildman–Crippen MR) is 135 cm³/mol. The van der Waals surface area contributed by atoms with Crippen molar-refractivity contribution < 1.29 is 4.79 Å². The zero-order valence-electron chi connectivity index (χ0n) is 17.9. The number of benzene rings is 2. The SMILES string of the molecule is CCc1ccc(-n2c(SCC(=O)Nc3ncc(Cl)c(C)c3Cl)nc3ccccc3c2=O)cc1. The van der Waals surface area contributed by atoms with E-state index < -0.39 is 0 Å². The van der Waals surface area contributed by atoms with Crippen molar-refractivity contribution in [3.8, 4) is 5.69 Å². The maximum atomic E-state index is 13.3. The van der Waals surface area contributed by atoms with E-state index in [1.807, 2.05) is 30.3 Å². The van der Waals surface area contributed by atoms with Crippen LogP contribution in [0.2, 0.25) is 10.0 Å². The maximum Gasteiger partial charge on any atom is 0.266 e. The molecule has 0 radical (unpaired) electrons. The molecule has 1 N–H and O–H groups in total. The summed E-state index contributed by atoms with van der Waals surface area (Å²) >= 11 is 13.4. The molecule has 0 saturated carbocycles. The number of rotatable bonds is 6. The van der Waals surface area contributed by atoms with Gasteiger partial charge in [0.1, 0.15) is 0 Å². The van der Waals surface area contributed by atoms with E-state index in [-0.39, 0.29) is 28.1 Å². The van der Waals surface area contributed by atoms with Crippen molar-refractivity contribution in [2.45, 2.75) is 25.4 Å². The normalized spacial score (nSPS) is 11.0. The molecule has 4 rings (SSSR count). The van der Waals surface area contributed by atoms with E-state index in [1.165, 1.54) is 10.8 Å². The number of nitrogens with one attached hydrogen (secondary N) is 1. The lowest BCUT2D eigenvalue weighted by Gasteiger charge is -2.14. The van der Waals surface area contributed by atoms with Gasteiger partial charge in [0.25, 0.3) is 5.56 Å². The van der Waals surface area contributed by atoms with Gasteiger partial charge in [0.05, 0.1) is 32.4 Å². The largest absolute Gasteiger partial charge is 0.309 e.